The summed E-state index contributed by atoms with van der Waals surface area (Å²) in [4.78, 5) is 73.2. The van der Waals surface area contributed by atoms with Crippen LogP contribution >= 0.6 is 15.6 Å². The fourth-order valence-electron chi connectivity index (χ4n) is 13.3. The monoisotopic (exact) mass is 1520 g/mol. The van der Waals surface area contributed by atoms with Crippen molar-refractivity contribution in [3.05, 3.63) is 0 Å². The van der Waals surface area contributed by atoms with Gasteiger partial charge in [0.2, 0.25) is 0 Å². The number of aliphatic hydroxyl groups is 1. The average Bonchev–Trinajstić information content (AvgIpc) is 0.910. The minimum absolute atomic E-state index is 0.108. The second kappa shape index (κ2) is 77.8. The minimum atomic E-state index is -4.96. The van der Waals surface area contributed by atoms with E-state index in [4.69, 9.17) is 37.0 Å². The number of hydrogen-bond acceptors (Lipinski definition) is 15. The van der Waals surface area contributed by atoms with Crippen LogP contribution in [-0.4, -0.2) is 96.7 Å². The Kier molecular flexibility index (Phi) is 76.3. The highest BCUT2D eigenvalue weighted by molar-refractivity contribution is 7.47. The van der Waals surface area contributed by atoms with E-state index in [2.05, 4.69) is 34.6 Å². The van der Waals surface area contributed by atoms with Gasteiger partial charge in [-0.15, -0.1) is 0 Å². The zero-order valence-electron chi connectivity index (χ0n) is 68.2. The van der Waals surface area contributed by atoms with Gasteiger partial charge >= 0.3 is 39.5 Å². The summed E-state index contributed by atoms with van der Waals surface area (Å²) in [6, 6.07) is 0. The number of carbonyl (C=O) groups excluding carboxylic acids is 4. The molecule has 17 nitrogen and oxygen atoms in total. The maximum atomic E-state index is 13.1. The van der Waals surface area contributed by atoms with Crippen molar-refractivity contribution in [2.24, 2.45) is 5.92 Å². The molecule has 0 saturated heterocycles. The van der Waals surface area contributed by atoms with Gasteiger partial charge in [-0.05, 0) is 31.6 Å². The maximum Gasteiger partial charge on any atom is 0.472 e. The molecule has 618 valence electrons. The molecule has 0 fully saturated rings. The summed E-state index contributed by atoms with van der Waals surface area (Å²) in [6.07, 6.45) is 70.9. The topological polar surface area (TPSA) is 237 Å². The summed E-state index contributed by atoms with van der Waals surface area (Å²) in [6.45, 7) is 7.32. The maximum absolute atomic E-state index is 13.1. The molecule has 104 heavy (non-hydrogen) atoms. The molecule has 0 rings (SSSR count). The van der Waals surface area contributed by atoms with Gasteiger partial charge in [0.05, 0.1) is 26.4 Å². The third-order valence-electron chi connectivity index (χ3n) is 20.4. The van der Waals surface area contributed by atoms with Gasteiger partial charge in [0.1, 0.15) is 19.3 Å². The normalized spacial score (nSPS) is 14.0. The molecule has 3 N–H and O–H groups in total. The van der Waals surface area contributed by atoms with Crippen molar-refractivity contribution >= 4 is 39.5 Å². The van der Waals surface area contributed by atoms with E-state index in [1.807, 2.05) is 0 Å². The third kappa shape index (κ3) is 76.8. The van der Waals surface area contributed by atoms with Gasteiger partial charge in [0.25, 0.3) is 0 Å². The Bertz CT molecular complexity index is 1980. The lowest BCUT2D eigenvalue weighted by Gasteiger charge is -2.21. The van der Waals surface area contributed by atoms with E-state index in [0.717, 1.165) is 102 Å². The van der Waals surface area contributed by atoms with Gasteiger partial charge in [-0.3, -0.25) is 37.3 Å². The zero-order valence-corrected chi connectivity index (χ0v) is 70.0. The number of unbranched alkanes of at least 4 members (excludes halogenated alkanes) is 56. The van der Waals surface area contributed by atoms with Gasteiger partial charge in [0, 0.05) is 25.7 Å². The van der Waals surface area contributed by atoms with Crippen molar-refractivity contribution < 1.29 is 80.2 Å². The second-order valence-corrected chi connectivity index (χ2v) is 33.7. The number of aliphatic hydroxyl groups excluding tert-OH is 1. The number of rotatable bonds is 85. The Morgan fingerprint density at radius 3 is 0.683 bits per heavy atom. The molecule has 0 radical (unpaired) electrons. The van der Waals surface area contributed by atoms with Crippen LogP contribution in [0.5, 0.6) is 0 Å². The molecule has 0 aliphatic carbocycles. The average molecular weight is 1520 g/mol. The molecule has 0 bridgehead atoms. The summed E-state index contributed by atoms with van der Waals surface area (Å²) in [5.74, 6) is -1.37. The lowest BCUT2D eigenvalue weighted by molar-refractivity contribution is -0.161. The Labute approximate surface area is 638 Å². The summed E-state index contributed by atoms with van der Waals surface area (Å²) in [5, 5.41) is 10.7. The first-order valence-electron chi connectivity index (χ1n) is 44.2. The predicted octanol–water partition coefficient (Wildman–Crippen LogP) is 26.0. The largest absolute Gasteiger partial charge is 0.472 e. The molecule has 0 aromatic carbocycles. The van der Waals surface area contributed by atoms with Crippen LogP contribution in [0.1, 0.15) is 458 Å². The first kappa shape index (κ1) is 102. The molecule has 0 aliphatic rings. The van der Waals surface area contributed by atoms with Crippen LogP contribution in [0.25, 0.3) is 0 Å². The summed E-state index contributed by atoms with van der Waals surface area (Å²) < 4.78 is 68.9. The van der Waals surface area contributed by atoms with E-state index >= 15 is 0 Å². The Morgan fingerprint density at radius 2 is 0.462 bits per heavy atom. The second-order valence-electron chi connectivity index (χ2n) is 30.8. The van der Waals surface area contributed by atoms with E-state index in [0.29, 0.717) is 25.7 Å². The van der Waals surface area contributed by atoms with E-state index in [1.165, 1.54) is 276 Å². The van der Waals surface area contributed by atoms with Gasteiger partial charge in [-0.25, -0.2) is 9.13 Å². The Balaban J connectivity index is 5.23. The molecule has 19 heteroatoms. The number of phosphoric acid groups is 2. The van der Waals surface area contributed by atoms with E-state index < -0.39 is 97.5 Å². The van der Waals surface area contributed by atoms with Crippen molar-refractivity contribution in [3.63, 3.8) is 0 Å². The lowest BCUT2D eigenvalue weighted by Crippen LogP contribution is -2.30. The molecule has 6 atom stereocenters. The van der Waals surface area contributed by atoms with E-state index in [9.17, 15) is 43.2 Å². The number of carbonyl (C=O) groups is 4. The van der Waals surface area contributed by atoms with Gasteiger partial charge in [-0.1, -0.05) is 407 Å². The van der Waals surface area contributed by atoms with Crippen molar-refractivity contribution in [2.75, 3.05) is 39.6 Å². The van der Waals surface area contributed by atoms with Gasteiger partial charge in [-0.2, -0.15) is 0 Å². The number of phosphoric ester groups is 2. The molecule has 0 aliphatic heterocycles. The van der Waals surface area contributed by atoms with Crippen LogP contribution in [-0.2, 0) is 65.4 Å². The first-order valence-corrected chi connectivity index (χ1v) is 47.2. The molecular formula is C85H166O17P2. The summed E-state index contributed by atoms with van der Waals surface area (Å²) in [5.41, 5.74) is 0. The van der Waals surface area contributed by atoms with Crippen molar-refractivity contribution in [3.8, 4) is 0 Å². The van der Waals surface area contributed by atoms with Gasteiger partial charge in [0.15, 0.2) is 12.2 Å². The highest BCUT2D eigenvalue weighted by Gasteiger charge is 2.30. The molecule has 0 saturated carbocycles. The van der Waals surface area contributed by atoms with Crippen LogP contribution < -0.4 is 0 Å². The highest BCUT2D eigenvalue weighted by Crippen LogP contribution is 2.45. The fraction of sp³-hybridized carbons (Fsp3) is 0.953. The predicted molar refractivity (Wildman–Crippen MR) is 428 cm³/mol. The Morgan fingerprint density at radius 1 is 0.269 bits per heavy atom. The number of hydrogen-bond donors (Lipinski definition) is 3. The Hall–Kier alpha value is -1.94. The zero-order chi connectivity index (χ0) is 76.2. The lowest BCUT2D eigenvalue weighted by atomic mass is 10.00. The summed E-state index contributed by atoms with van der Waals surface area (Å²) >= 11 is 0. The van der Waals surface area contributed by atoms with E-state index in [-0.39, 0.29) is 25.7 Å². The number of esters is 4. The van der Waals surface area contributed by atoms with Crippen LogP contribution in [0.2, 0.25) is 0 Å². The van der Waals surface area contributed by atoms with Crippen molar-refractivity contribution in [2.45, 2.75) is 477 Å². The van der Waals surface area contributed by atoms with Crippen molar-refractivity contribution in [1.82, 2.24) is 0 Å². The SMILES string of the molecule is CCCCCCCCCCCCCCCCCCCCCCCC(=O)O[C@H](COC(=O)CCCCCCCCCCCCCCCCCCC)COP(=O)(O)OC[C@@H](O)COP(=O)(O)OC[C@@H](COC(=O)CCCCCCCCC(C)CC)OC(=O)CCCCCCCCCCCCCCCCCC. The molecule has 0 heterocycles. The molecule has 0 spiro atoms. The van der Waals surface area contributed by atoms with Crippen LogP contribution in [0.3, 0.4) is 0 Å². The van der Waals surface area contributed by atoms with Crippen molar-refractivity contribution in [1.29, 1.82) is 0 Å². The highest BCUT2D eigenvalue weighted by atomic mass is 31.2. The molecule has 3 unspecified atom stereocenters. The molecular weight excluding hydrogens is 1350 g/mol. The van der Waals surface area contributed by atoms with Crippen LogP contribution in [0, 0.1) is 5.92 Å². The molecule has 0 aromatic heterocycles. The van der Waals surface area contributed by atoms with E-state index in [1.54, 1.807) is 0 Å². The molecule has 0 amide bonds. The summed E-state index contributed by atoms with van der Waals surface area (Å²) in [7, 11) is -9.93. The first-order chi connectivity index (χ1) is 50.6. The third-order valence-corrected chi connectivity index (χ3v) is 22.3. The van der Waals surface area contributed by atoms with Gasteiger partial charge < -0.3 is 33.8 Å². The van der Waals surface area contributed by atoms with Crippen LogP contribution in [0.4, 0.5) is 0 Å². The quantitative estimate of drug-likeness (QED) is 0.0222. The standard InChI is InChI=1S/C85H166O17P2/c1-6-10-13-16-19-22-25-28-31-34-35-36-37-39-42-45-48-51-54-61-66-70-84(89)101-80(74-95-82(87)68-63-58-52-49-46-43-41-38-32-29-26-23-20-17-14-11-7-2)76-99-103(91,92)97-72-79(86)73-98-104(93,94)100-77-81(75-96-83(88)69-64-59-56-55-57-62-67-78(5)9-4)102-85(90)71-65-60-53-50-47-44-40-33-30-27-24-21-18-15-12-8-3/h78-81,86H,6-77H2,1-5H3,(H,91,92)(H,93,94)/t78?,79-,80-,81-/m1/s1. The smallest absolute Gasteiger partial charge is 0.462 e. The fourth-order valence-corrected chi connectivity index (χ4v) is 14.8. The minimum Gasteiger partial charge on any atom is -0.462 e. The number of ether oxygens (including phenoxy) is 4. The van der Waals surface area contributed by atoms with Crippen LogP contribution in [0.15, 0.2) is 0 Å². The molecule has 0 aromatic rings.